The molecule has 1 N–H and O–H groups in total. The molecule has 1 saturated carbocycles. The summed E-state index contributed by atoms with van der Waals surface area (Å²) in [5.74, 6) is 1.68. The molecule has 4 nitrogen and oxygen atoms in total. The Morgan fingerprint density at radius 3 is 1.95 bits per heavy atom. The van der Waals surface area contributed by atoms with Crippen LogP contribution < -0.4 is 4.72 Å². The van der Waals surface area contributed by atoms with Crippen LogP contribution in [-0.4, -0.2) is 31.9 Å². The maximum Gasteiger partial charge on any atom is 0.279 e. The van der Waals surface area contributed by atoms with Gasteiger partial charge in [0.15, 0.2) is 0 Å². The Hall–Kier alpha value is -0.130. The zero-order valence-electron chi connectivity index (χ0n) is 12.4. The summed E-state index contributed by atoms with van der Waals surface area (Å²) in [4.78, 5) is 0. The Balaban J connectivity index is 1.94. The van der Waals surface area contributed by atoms with E-state index in [9.17, 15) is 8.42 Å². The van der Waals surface area contributed by atoms with Gasteiger partial charge in [-0.05, 0) is 49.9 Å². The smallest absolute Gasteiger partial charge is 0.199 e. The van der Waals surface area contributed by atoms with Crippen LogP contribution in [0.4, 0.5) is 0 Å². The molecule has 0 radical (unpaired) electrons. The van der Waals surface area contributed by atoms with Gasteiger partial charge >= 0.3 is 0 Å². The number of hydrogen-bond donors (Lipinski definition) is 1. The summed E-state index contributed by atoms with van der Waals surface area (Å²) in [7, 11) is -3.28. The second kappa shape index (κ2) is 6.10. The van der Waals surface area contributed by atoms with Crippen LogP contribution in [0, 0.1) is 17.8 Å². The zero-order chi connectivity index (χ0) is 14.0. The minimum Gasteiger partial charge on any atom is -0.199 e. The third kappa shape index (κ3) is 4.17. The van der Waals surface area contributed by atoms with Crippen molar-refractivity contribution in [2.24, 2.45) is 17.8 Å². The SMILES string of the molecule is CC1CCC(NS(=O)(=O)N2CC(C)CC(C)C2)CC1. The average Bonchev–Trinajstić information content (AvgIpc) is 2.31. The van der Waals surface area contributed by atoms with Gasteiger partial charge in [-0.15, -0.1) is 0 Å². The lowest BCUT2D eigenvalue weighted by Gasteiger charge is -2.36. The van der Waals surface area contributed by atoms with E-state index in [-0.39, 0.29) is 6.04 Å². The lowest BCUT2D eigenvalue weighted by Crippen LogP contribution is -2.51. The van der Waals surface area contributed by atoms with Gasteiger partial charge < -0.3 is 0 Å². The van der Waals surface area contributed by atoms with Crippen LogP contribution in [0.25, 0.3) is 0 Å². The molecule has 1 aliphatic heterocycles. The highest BCUT2D eigenvalue weighted by molar-refractivity contribution is 7.87. The number of nitrogens with zero attached hydrogens (tertiary/aromatic N) is 1. The number of hydrogen-bond acceptors (Lipinski definition) is 2. The molecule has 0 aromatic rings. The van der Waals surface area contributed by atoms with Crippen molar-refractivity contribution in [3.8, 4) is 0 Å². The first-order chi connectivity index (χ1) is 8.87. The van der Waals surface area contributed by atoms with Gasteiger partial charge in [0, 0.05) is 19.1 Å². The van der Waals surface area contributed by atoms with Gasteiger partial charge in [-0.25, -0.2) is 0 Å². The Labute approximate surface area is 118 Å². The molecule has 0 amide bonds. The van der Waals surface area contributed by atoms with Crippen LogP contribution in [0.3, 0.4) is 0 Å². The minimum absolute atomic E-state index is 0.147. The molecule has 2 unspecified atom stereocenters. The molecule has 0 bridgehead atoms. The summed E-state index contributed by atoms with van der Waals surface area (Å²) in [5, 5.41) is 0. The third-order valence-electron chi connectivity index (χ3n) is 4.51. The molecular formula is C14H28N2O2S. The van der Waals surface area contributed by atoms with E-state index < -0.39 is 10.2 Å². The molecule has 1 saturated heterocycles. The van der Waals surface area contributed by atoms with Crippen molar-refractivity contribution in [2.75, 3.05) is 13.1 Å². The Morgan fingerprint density at radius 2 is 1.42 bits per heavy atom. The Morgan fingerprint density at radius 1 is 0.895 bits per heavy atom. The van der Waals surface area contributed by atoms with E-state index in [2.05, 4.69) is 25.5 Å². The Bertz CT molecular complexity index is 378. The molecule has 0 aromatic heterocycles. The fourth-order valence-electron chi connectivity index (χ4n) is 3.47. The van der Waals surface area contributed by atoms with Crippen LogP contribution >= 0.6 is 0 Å². The molecule has 2 aliphatic rings. The van der Waals surface area contributed by atoms with Crippen LogP contribution in [0.1, 0.15) is 52.9 Å². The maximum atomic E-state index is 12.4. The molecule has 2 rings (SSSR count). The minimum atomic E-state index is -3.28. The van der Waals surface area contributed by atoms with E-state index >= 15 is 0 Å². The molecule has 0 spiro atoms. The standard InChI is InChI=1S/C14H28N2O2S/c1-11-4-6-14(7-5-11)15-19(17,18)16-9-12(2)8-13(3)10-16/h11-15H,4-10H2,1-3H3. The van der Waals surface area contributed by atoms with Crippen molar-refractivity contribution in [1.29, 1.82) is 0 Å². The normalized spacial score (nSPS) is 38.3. The molecule has 112 valence electrons. The molecule has 1 aliphatic carbocycles. The molecule has 19 heavy (non-hydrogen) atoms. The highest BCUT2D eigenvalue weighted by atomic mass is 32.2. The maximum absolute atomic E-state index is 12.4. The summed E-state index contributed by atoms with van der Waals surface area (Å²) in [6.45, 7) is 7.87. The van der Waals surface area contributed by atoms with Gasteiger partial charge in [-0.3, -0.25) is 0 Å². The largest absolute Gasteiger partial charge is 0.279 e. The highest BCUT2D eigenvalue weighted by Crippen LogP contribution is 2.26. The second-order valence-corrected chi connectivity index (χ2v) is 8.54. The molecular weight excluding hydrogens is 260 g/mol. The predicted molar refractivity (Wildman–Crippen MR) is 78.0 cm³/mol. The fourth-order valence-corrected chi connectivity index (χ4v) is 5.17. The van der Waals surface area contributed by atoms with E-state index in [1.54, 1.807) is 4.31 Å². The van der Waals surface area contributed by atoms with Crippen molar-refractivity contribution in [1.82, 2.24) is 9.03 Å². The van der Waals surface area contributed by atoms with Crippen molar-refractivity contribution >= 4 is 10.2 Å². The van der Waals surface area contributed by atoms with E-state index in [4.69, 9.17) is 0 Å². The molecule has 2 fully saturated rings. The topological polar surface area (TPSA) is 49.4 Å². The summed E-state index contributed by atoms with van der Waals surface area (Å²) in [6.07, 6.45) is 5.38. The third-order valence-corrected chi connectivity index (χ3v) is 6.12. The van der Waals surface area contributed by atoms with Crippen LogP contribution in [-0.2, 0) is 10.2 Å². The lowest BCUT2D eigenvalue weighted by molar-refractivity contribution is 0.217. The monoisotopic (exact) mass is 288 g/mol. The first-order valence-corrected chi connectivity index (χ1v) is 9.08. The summed E-state index contributed by atoms with van der Waals surface area (Å²) < 4.78 is 29.5. The Kier molecular flexibility index (Phi) is 4.90. The number of nitrogens with one attached hydrogen (secondary N) is 1. The van der Waals surface area contributed by atoms with Gasteiger partial charge in [-0.2, -0.15) is 17.4 Å². The van der Waals surface area contributed by atoms with E-state index in [1.807, 2.05) is 0 Å². The molecule has 5 heteroatoms. The molecule has 2 atom stereocenters. The fraction of sp³-hybridized carbons (Fsp3) is 1.00. The first kappa shape index (κ1) is 15.3. The summed E-state index contributed by atoms with van der Waals surface area (Å²) in [5.41, 5.74) is 0. The van der Waals surface area contributed by atoms with E-state index in [0.29, 0.717) is 24.9 Å². The zero-order valence-corrected chi connectivity index (χ0v) is 13.2. The van der Waals surface area contributed by atoms with Crippen LogP contribution in [0.15, 0.2) is 0 Å². The first-order valence-electron chi connectivity index (χ1n) is 7.64. The molecule has 1 heterocycles. The van der Waals surface area contributed by atoms with E-state index in [0.717, 1.165) is 38.0 Å². The van der Waals surface area contributed by atoms with Gasteiger partial charge in [-0.1, -0.05) is 20.8 Å². The van der Waals surface area contributed by atoms with Crippen molar-refractivity contribution in [3.05, 3.63) is 0 Å². The van der Waals surface area contributed by atoms with Crippen molar-refractivity contribution in [3.63, 3.8) is 0 Å². The van der Waals surface area contributed by atoms with Crippen molar-refractivity contribution in [2.45, 2.75) is 58.9 Å². The predicted octanol–water partition coefficient (Wildman–Crippen LogP) is 2.38. The van der Waals surface area contributed by atoms with Crippen molar-refractivity contribution < 1.29 is 8.42 Å². The van der Waals surface area contributed by atoms with Gasteiger partial charge in [0.1, 0.15) is 0 Å². The van der Waals surface area contributed by atoms with Gasteiger partial charge in [0.05, 0.1) is 0 Å². The summed E-state index contributed by atoms with van der Waals surface area (Å²) in [6, 6.07) is 0.147. The van der Waals surface area contributed by atoms with Gasteiger partial charge in [0.25, 0.3) is 10.2 Å². The highest BCUT2D eigenvalue weighted by Gasteiger charge is 2.32. The van der Waals surface area contributed by atoms with Gasteiger partial charge in [0.2, 0.25) is 0 Å². The average molecular weight is 288 g/mol. The second-order valence-electron chi connectivity index (χ2n) is 6.84. The number of rotatable bonds is 3. The van der Waals surface area contributed by atoms with Crippen LogP contribution in [0.5, 0.6) is 0 Å². The molecule has 0 aromatic carbocycles. The quantitative estimate of drug-likeness (QED) is 0.867. The number of piperidine rings is 1. The summed E-state index contributed by atoms with van der Waals surface area (Å²) >= 11 is 0. The van der Waals surface area contributed by atoms with E-state index in [1.165, 1.54) is 0 Å². The lowest BCUT2D eigenvalue weighted by atomic mass is 9.88. The van der Waals surface area contributed by atoms with Crippen LogP contribution in [0.2, 0.25) is 0 Å².